The molecule has 5 nitrogen and oxygen atoms in total. The summed E-state index contributed by atoms with van der Waals surface area (Å²) in [6.07, 6.45) is 0.937. The molecule has 0 radical (unpaired) electrons. The topological polar surface area (TPSA) is 59.6 Å². The average molecular weight is 315 g/mol. The standard InChI is InChI=1S/C18H25N3O2/c1-3-14(12-22)20-8-10-21(11-9-20)18(23)17-13(2)19-16-7-5-4-6-15(16)17/h4-7,14,19,22H,3,8-12H2,1-2H3. The highest BCUT2D eigenvalue weighted by Crippen LogP contribution is 2.24. The summed E-state index contributed by atoms with van der Waals surface area (Å²) in [6.45, 7) is 7.32. The first kappa shape index (κ1) is 16.0. The van der Waals surface area contributed by atoms with Crippen LogP contribution in [0.1, 0.15) is 29.4 Å². The van der Waals surface area contributed by atoms with Crippen LogP contribution >= 0.6 is 0 Å². The Morgan fingerprint density at radius 1 is 1.26 bits per heavy atom. The molecule has 1 amide bonds. The normalized spacial score (nSPS) is 17.6. The van der Waals surface area contributed by atoms with Gasteiger partial charge in [-0.25, -0.2) is 0 Å². The number of hydrogen-bond donors (Lipinski definition) is 2. The summed E-state index contributed by atoms with van der Waals surface area (Å²) in [6, 6.07) is 8.16. The SMILES string of the molecule is CCC(CO)N1CCN(C(=O)c2c(C)[nH]c3ccccc23)CC1. The number of nitrogens with zero attached hydrogens (tertiary/aromatic N) is 2. The quantitative estimate of drug-likeness (QED) is 0.907. The maximum Gasteiger partial charge on any atom is 0.256 e. The number of H-pyrrole nitrogens is 1. The molecule has 5 heteroatoms. The second-order valence-corrected chi connectivity index (χ2v) is 6.24. The zero-order valence-electron chi connectivity index (χ0n) is 13.9. The van der Waals surface area contributed by atoms with Crippen molar-refractivity contribution in [2.24, 2.45) is 0 Å². The number of aliphatic hydroxyl groups is 1. The minimum Gasteiger partial charge on any atom is -0.395 e. The zero-order valence-corrected chi connectivity index (χ0v) is 13.9. The van der Waals surface area contributed by atoms with Crippen LogP contribution in [-0.4, -0.2) is 64.6 Å². The van der Waals surface area contributed by atoms with Gasteiger partial charge in [0.2, 0.25) is 0 Å². The number of piperazine rings is 1. The lowest BCUT2D eigenvalue weighted by Gasteiger charge is -2.38. The second kappa shape index (κ2) is 6.72. The number of nitrogens with one attached hydrogen (secondary N) is 1. The van der Waals surface area contributed by atoms with E-state index in [4.69, 9.17) is 0 Å². The third-order valence-electron chi connectivity index (χ3n) is 4.91. The van der Waals surface area contributed by atoms with Crippen LogP contribution in [0.4, 0.5) is 0 Å². The van der Waals surface area contributed by atoms with Gasteiger partial charge in [0.05, 0.1) is 12.2 Å². The predicted octanol–water partition coefficient (Wildman–Crippen LogP) is 2.01. The number of rotatable bonds is 4. The van der Waals surface area contributed by atoms with Crippen molar-refractivity contribution in [1.82, 2.24) is 14.8 Å². The van der Waals surface area contributed by atoms with Crippen LogP contribution in [0.25, 0.3) is 10.9 Å². The molecule has 1 fully saturated rings. The summed E-state index contributed by atoms with van der Waals surface area (Å²) in [5.41, 5.74) is 2.74. The van der Waals surface area contributed by atoms with Crippen LogP contribution in [-0.2, 0) is 0 Å². The number of hydrogen-bond acceptors (Lipinski definition) is 3. The first-order valence-electron chi connectivity index (χ1n) is 8.37. The molecule has 124 valence electrons. The zero-order chi connectivity index (χ0) is 16.4. The number of fused-ring (bicyclic) bond motifs is 1. The summed E-state index contributed by atoms with van der Waals surface area (Å²) >= 11 is 0. The molecule has 0 bridgehead atoms. The van der Waals surface area contributed by atoms with Crippen LogP contribution in [0.5, 0.6) is 0 Å². The fourth-order valence-electron chi connectivity index (χ4n) is 3.50. The lowest BCUT2D eigenvalue weighted by Crippen LogP contribution is -2.52. The van der Waals surface area contributed by atoms with Gasteiger partial charge in [-0.3, -0.25) is 9.69 Å². The molecule has 1 aliphatic heterocycles. The largest absolute Gasteiger partial charge is 0.395 e. The van der Waals surface area contributed by atoms with E-state index >= 15 is 0 Å². The summed E-state index contributed by atoms with van der Waals surface area (Å²) < 4.78 is 0. The van der Waals surface area contributed by atoms with Gasteiger partial charge in [-0.2, -0.15) is 0 Å². The molecule has 0 aliphatic carbocycles. The Kier molecular flexibility index (Phi) is 4.68. The summed E-state index contributed by atoms with van der Waals surface area (Å²) in [5, 5.41) is 10.4. The summed E-state index contributed by atoms with van der Waals surface area (Å²) in [7, 11) is 0. The molecule has 0 spiro atoms. The maximum atomic E-state index is 12.9. The van der Waals surface area contributed by atoms with E-state index < -0.39 is 0 Å². The van der Waals surface area contributed by atoms with Crippen LogP contribution in [0.2, 0.25) is 0 Å². The number of aromatic amines is 1. The van der Waals surface area contributed by atoms with Crippen molar-refractivity contribution in [3.8, 4) is 0 Å². The predicted molar refractivity (Wildman–Crippen MR) is 91.7 cm³/mol. The monoisotopic (exact) mass is 315 g/mol. The smallest absolute Gasteiger partial charge is 0.256 e. The van der Waals surface area contributed by atoms with Crippen molar-refractivity contribution in [1.29, 1.82) is 0 Å². The number of carbonyl (C=O) groups excluding carboxylic acids is 1. The number of amides is 1. The van der Waals surface area contributed by atoms with Gasteiger partial charge in [-0.05, 0) is 19.4 Å². The third kappa shape index (κ3) is 2.99. The molecule has 2 N–H and O–H groups in total. The van der Waals surface area contributed by atoms with Gasteiger partial charge in [0.1, 0.15) is 0 Å². The number of para-hydroxylation sites is 1. The van der Waals surface area contributed by atoms with Crippen molar-refractivity contribution in [2.75, 3.05) is 32.8 Å². The van der Waals surface area contributed by atoms with E-state index in [-0.39, 0.29) is 18.6 Å². The molecular formula is C18H25N3O2. The average Bonchev–Trinajstić information content (AvgIpc) is 2.91. The number of aryl methyl sites for hydroxylation is 1. The fourth-order valence-corrected chi connectivity index (χ4v) is 3.50. The molecule has 2 aromatic rings. The molecule has 1 aromatic heterocycles. The van der Waals surface area contributed by atoms with E-state index in [2.05, 4.69) is 16.8 Å². The second-order valence-electron chi connectivity index (χ2n) is 6.24. The molecule has 2 heterocycles. The van der Waals surface area contributed by atoms with Gasteiger partial charge in [-0.1, -0.05) is 25.1 Å². The van der Waals surface area contributed by atoms with Gasteiger partial charge in [0, 0.05) is 48.8 Å². The molecule has 1 saturated heterocycles. The van der Waals surface area contributed by atoms with E-state index in [1.54, 1.807) is 0 Å². The highest BCUT2D eigenvalue weighted by molar-refractivity contribution is 6.08. The Balaban J connectivity index is 1.76. The summed E-state index contributed by atoms with van der Waals surface area (Å²) in [4.78, 5) is 20.5. The van der Waals surface area contributed by atoms with Gasteiger partial charge in [0.15, 0.2) is 0 Å². The Hall–Kier alpha value is -1.85. The first-order valence-corrected chi connectivity index (χ1v) is 8.37. The van der Waals surface area contributed by atoms with Crippen LogP contribution < -0.4 is 0 Å². The van der Waals surface area contributed by atoms with Crippen molar-refractivity contribution in [3.63, 3.8) is 0 Å². The number of benzene rings is 1. The molecule has 1 unspecified atom stereocenters. The lowest BCUT2D eigenvalue weighted by atomic mass is 10.1. The van der Waals surface area contributed by atoms with Crippen molar-refractivity contribution < 1.29 is 9.90 Å². The molecule has 23 heavy (non-hydrogen) atoms. The lowest BCUT2D eigenvalue weighted by molar-refractivity contribution is 0.0473. The number of carbonyl (C=O) groups is 1. The van der Waals surface area contributed by atoms with Gasteiger partial charge in [0.25, 0.3) is 5.91 Å². The number of aliphatic hydroxyl groups excluding tert-OH is 1. The Labute approximate surface area is 136 Å². The fraction of sp³-hybridized carbons (Fsp3) is 0.500. The van der Waals surface area contributed by atoms with E-state index in [1.165, 1.54) is 0 Å². The molecule has 0 saturated carbocycles. The summed E-state index contributed by atoms with van der Waals surface area (Å²) in [5.74, 6) is 0.108. The van der Waals surface area contributed by atoms with Crippen molar-refractivity contribution >= 4 is 16.8 Å². The van der Waals surface area contributed by atoms with Crippen molar-refractivity contribution in [3.05, 3.63) is 35.5 Å². The van der Waals surface area contributed by atoms with E-state index in [0.29, 0.717) is 13.1 Å². The van der Waals surface area contributed by atoms with Crippen LogP contribution in [0.15, 0.2) is 24.3 Å². The third-order valence-corrected chi connectivity index (χ3v) is 4.91. The van der Waals surface area contributed by atoms with Crippen LogP contribution in [0, 0.1) is 6.92 Å². The van der Waals surface area contributed by atoms with Gasteiger partial charge in [-0.15, -0.1) is 0 Å². The highest BCUT2D eigenvalue weighted by Gasteiger charge is 2.27. The van der Waals surface area contributed by atoms with E-state index in [0.717, 1.165) is 41.7 Å². The Morgan fingerprint density at radius 2 is 1.96 bits per heavy atom. The van der Waals surface area contributed by atoms with Crippen LogP contribution in [0.3, 0.4) is 0 Å². The Morgan fingerprint density at radius 3 is 2.61 bits per heavy atom. The first-order chi connectivity index (χ1) is 11.2. The molecule has 1 atom stereocenters. The molecule has 3 rings (SSSR count). The van der Waals surface area contributed by atoms with Gasteiger partial charge >= 0.3 is 0 Å². The molecule has 1 aliphatic rings. The molecule has 1 aromatic carbocycles. The molecular weight excluding hydrogens is 290 g/mol. The van der Waals surface area contributed by atoms with Gasteiger partial charge < -0.3 is 15.0 Å². The van der Waals surface area contributed by atoms with E-state index in [9.17, 15) is 9.90 Å². The Bertz CT molecular complexity index is 683. The van der Waals surface area contributed by atoms with E-state index in [1.807, 2.05) is 36.1 Å². The minimum atomic E-state index is 0.108. The maximum absolute atomic E-state index is 12.9. The number of aromatic nitrogens is 1. The minimum absolute atomic E-state index is 0.108. The van der Waals surface area contributed by atoms with Crippen molar-refractivity contribution in [2.45, 2.75) is 26.3 Å². The highest BCUT2D eigenvalue weighted by atomic mass is 16.3.